The average molecular weight is 290 g/mol. The molecule has 0 aromatic heterocycles. The van der Waals surface area contributed by atoms with E-state index >= 15 is 0 Å². The summed E-state index contributed by atoms with van der Waals surface area (Å²) in [4.78, 5) is 21.9. The normalized spacial score (nSPS) is 19.9. The zero-order valence-electron chi connectivity index (χ0n) is 10.9. The van der Waals surface area contributed by atoms with E-state index in [1.807, 2.05) is 0 Å². The first-order valence-electron chi connectivity index (χ1n) is 6.19. The molecule has 1 atom stereocenters. The number of benzene rings is 1. The molecule has 0 aliphatic heterocycles. The Morgan fingerprint density at radius 3 is 2.52 bits per heavy atom. The van der Waals surface area contributed by atoms with Crippen molar-refractivity contribution in [2.75, 3.05) is 0 Å². The van der Waals surface area contributed by atoms with E-state index in [-0.39, 0.29) is 5.56 Å². The van der Waals surface area contributed by atoms with Gasteiger partial charge in [0.1, 0.15) is 5.92 Å². The number of allylic oxidation sites excluding steroid dienone is 2. The second kappa shape index (κ2) is 5.51. The Bertz CT molecular complexity index is 641. The summed E-state index contributed by atoms with van der Waals surface area (Å²) >= 11 is 0. The molecule has 4 N–H and O–H groups in total. The van der Waals surface area contributed by atoms with Crippen LogP contribution in [0.4, 0.5) is 0 Å². The number of aromatic carboxylic acids is 1. The minimum absolute atomic E-state index is 0.140. The molecule has 1 aromatic rings. The van der Waals surface area contributed by atoms with Gasteiger partial charge in [-0.15, -0.1) is 0 Å². The van der Waals surface area contributed by atoms with Crippen LogP contribution in [0.2, 0.25) is 0 Å². The Kier molecular flexibility index (Phi) is 3.93. The van der Waals surface area contributed by atoms with Gasteiger partial charge in [-0.05, 0) is 35.8 Å². The molecule has 6 nitrogen and oxygen atoms in total. The van der Waals surface area contributed by atoms with Gasteiger partial charge in [-0.3, -0.25) is 4.79 Å². The highest BCUT2D eigenvalue weighted by Gasteiger charge is 2.38. The Morgan fingerprint density at radius 2 is 1.90 bits per heavy atom. The average Bonchev–Trinajstić information content (AvgIpc) is 2.40. The molecule has 0 radical (unpaired) electrons. The van der Waals surface area contributed by atoms with Gasteiger partial charge >= 0.3 is 11.9 Å². The second-order valence-corrected chi connectivity index (χ2v) is 4.86. The van der Waals surface area contributed by atoms with E-state index in [4.69, 9.17) is 10.2 Å². The van der Waals surface area contributed by atoms with E-state index in [0.717, 1.165) is 6.08 Å². The van der Waals surface area contributed by atoms with Crippen molar-refractivity contribution < 1.29 is 30.0 Å². The molecule has 110 valence electrons. The molecule has 0 saturated heterocycles. The molecule has 0 saturated carbocycles. The van der Waals surface area contributed by atoms with Gasteiger partial charge in [-0.1, -0.05) is 24.3 Å². The maximum absolute atomic E-state index is 11.0. The zero-order chi connectivity index (χ0) is 15.6. The van der Waals surface area contributed by atoms with Crippen molar-refractivity contribution in [2.45, 2.75) is 12.2 Å². The minimum Gasteiger partial charge on any atom is -0.481 e. The summed E-state index contributed by atoms with van der Waals surface area (Å²) in [6.07, 6.45) is 4.00. The van der Waals surface area contributed by atoms with E-state index in [9.17, 15) is 19.8 Å². The van der Waals surface area contributed by atoms with Gasteiger partial charge < -0.3 is 20.4 Å². The predicted molar refractivity (Wildman–Crippen MR) is 72.6 cm³/mol. The van der Waals surface area contributed by atoms with Gasteiger partial charge in [-0.2, -0.15) is 0 Å². The van der Waals surface area contributed by atoms with Crippen LogP contribution in [0.1, 0.15) is 15.9 Å². The summed E-state index contributed by atoms with van der Waals surface area (Å²) in [6.45, 7) is 0. The highest BCUT2D eigenvalue weighted by molar-refractivity contribution is 5.87. The lowest BCUT2D eigenvalue weighted by Gasteiger charge is -2.26. The molecule has 0 bridgehead atoms. The summed E-state index contributed by atoms with van der Waals surface area (Å²) in [7, 11) is 0. The molecule has 1 aliphatic rings. The Morgan fingerprint density at radius 1 is 1.19 bits per heavy atom. The molecular formula is C15H14O6. The summed E-state index contributed by atoms with van der Waals surface area (Å²) in [6, 6.07) is 6.27. The fourth-order valence-corrected chi connectivity index (χ4v) is 2.15. The monoisotopic (exact) mass is 290 g/mol. The van der Waals surface area contributed by atoms with Crippen LogP contribution in [0, 0.1) is 5.92 Å². The third-order valence-electron chi connectivity index (χ3n) is 3.23. The first-order chi connectivity index (χ1) is 9.79. The first-order valence-corrected chi connectivity index (χ1v) is 6.19. The maximum Gasteiger partial charge on any atom is 0.335 e. The van der Waals surface area contributed by atoms with Crippen molar-refractivity contribution >= 4 is 11.9 Å². The minimum atomic E-state index is -2.42. The number of hydrogen-bond acceptors (Lipinski definition) is 4. The van der Waals surface area contributed by atoms with Gasteiger partial charge in [0.05, 0.1) is 5.56 Å². The summed E-state index contributed by atoms with van der Waals surface area (Å²) in [5.74, 6) is -6.27. The fourth-order valence-electron chi connectivity index (χ4n) is 2.15. The van der Waals surface area contributed by atoms with Gasteiger partial charge in [0.15, 0.2) is 5.79 Å². The van der Waals surface area contributed by atoms with E-state index in [2.05, 4.69) is 0 Å². The first kappa shape index (κ1) is 15.0. The van der Waals surface area contributed by atoms with E-state index < -0.39 is 23.6 Å². The molecule has 6 heteroatoms. The number of rotatable bonds is 4. The molecule has 0 fully saturated rings. The van der Waals surface area contributed by atoms with Crippen molar-refractivity contribution in [2.24, 2.45) is 5.92 Å². The van der Waals surface area contributed by atoms with Crippen LogP contribution in [0.15, 0.2) is 48.1 Å². The number of carboxylic acid groups (broad SMARTS) is 2. The van der Waals surface area contributed by atoms with Crippen LogP contribution in [0.25, 0.3) is 0 Å². The molecule has 1 aromatic carbocycles. The zero-order valence-corrected chi connectivity index (χ0v) is 10.9. The molecule has 1 aliphatic carbocycles. The van der Waals surface area contributed by atoms with Crippen LogP contribution in [0.5, 0.6) is 0 Å². The third-order valence-corrected chi connectivity index (χ3v) is 3.23. The number of aliphatic hydroxyl groups is 2. The Labute approximate surface area is 120 Å². The van der Waals surface area contributed by atoms with E-state index in [1.165, 1.54) is 24.3 Å². The lowest BCUT2D eigenvalue weighted by atomic mass is 9.88. The van der Waals surface area contributed by atoms with Gasteiger partial charge in [0, 0.05) is 0 Å². The molecule has 0 heterocycles. The summed E-state index contributed by atoms with van der Waals surface area (Å²) in [5.41, 5.74) is 1.41. The topological polar surface area (TPSA) is 115 Å². The maximum atomic E-state index is 11.0. The lowest BCUT2D eigenvalue weighted by Crippen LogP contribution is -2.41. The van der Waals surface area contributed by atoms with Gasteiger partial charge in [-0.25, -0.2) is 4.79 Å². The fraction of sp³-hybridized carbons (Fsp3) is 0.200. The smallest absolute Gasteiger partial charge is 0.335 e. The van der Waals surface area contributed by atoms with Crippen molar-refractivity contribution in [1.29, 1.82) is 0 Å². The quantitative estimate of drug-likeness (QED) is 0.610. The van der Waals surface area contributed by atoms with Gasteiger partial charge in [0.2, 0.25) is 0 Å². The van der Waals surface area contributed by atoms with Crippen molar-refractivity contribution in [3.05, 3.63) is 59.2 Å². The van der Waals surface area contributed by atoms with Crippen LogP contribution in [0.3, 0.4) is 0 Å². The number of carboxylic acids is 2. The third kappa shape index (κ3) is 3.36. The number of carbonyl (C=O) groups is 2. The van der Waals surface area contributed by atoms with Gasteiger partial charge in [0.25, 0.3) is 0 Å². The van der Waals surface area contributed by atoms with Crippen LogP contribution in [-0.4, -0.2) is 38.2 Å². The molecule has 0 spiro atoms. The predicted octanol–water partition coefficient (Wildman–Crippen LogP) is 0.805. The SMILES string of the molecule is O=C(O)c1cccc(CC2=CC(C(=O)O)C(O)(O)C=C2)c1. The van der Waals surface area contributed by atoms with Crippen LogP contribution in [-0.2, 0) is 11.2 Å². The highest BCUT2D eigenvalue weighted by Crippen LogP contribution is 2.27. The number of hydrogen-bond donors (Lipinski definition) is 4. The summed E-state index contributed by atoms with van der Waals surface area (Å²) in [5, 5.41) is 37.1. The molecular weight excluding hydrogens is 276 g/mol. The van der Waals surface area contributed by atoms with Crippen LogP contribution < -0.4 is 0 Å². The second-order valence-electron chi connectivity index (χ2n) is 4.86. The van der Waals surface area contributed by atoms with Crippen LogP contribution >= 0.6 is 0 Å². The molecule has 2 rings (SSSR count). The lowest BCUT2D eigenvalue weighted by molar-refractivity contribution is -0.176. The van der Waals surface area contributed by atoms with E-state index in [0.29, 0.717) is 17.6 Å². The number of aliphatic carboxylic acids is 1. The summed E-state index contributed by atoms with van der Waals surface area (Å²) < 4.78 is 0. The largest absolute Gasteiger partial charge is 0.481 e. The molecule has 21 heavy (non-hydrogen) atoms. The highest BCUT2D eigenvalue weighted by atomic mass is 16.5. The van der Waals surface area contributed by atoms with Crippen molar-refractivity contribution in [3.63, 3.8) is 0 Å². The standard InChI is InChI=1S/C15H14O6/c16-13(17)11-3-1-2-9(7-11)6-10-4-5-15(20,21)12(8-10)14(18)19/h1-5,7-8,12,20-21H,6H2,(H,16,17)(H,18,19). The van der Waals surface area contributed by atoms with Crippen molar-refractivity contribution in [1.82, 2.24) is 0 Å². The van der Waals surface area contributed by atoms with E-state index in [1.54, 1.807) is 12.1 Å². The van der Waals surface area contributed by atoms with Crippen molar-refractivity contribution in [3.8, 4) is 0 Å². The molecule has 1 unspecified atom stereocenters. The Hall–Kier alpha value is -2.44. The molecule has 0 amide bonds. The Balaban J connectivity index is 2.24.